The predicted molar refractivity (Wildman–Crippen MR) is 102 cm³/mol. The molecule has 0 bridgehead atoms. The Morgan fingerprint density at radius 1 is 1.04 bits per heavy atom. The summed E-state index contributed by atoms with van der Waals surface area (Å²) in [6, 6.07) is 0.204. The van der Waals surface area contributed by atoms with Crippen molar-refractivity contribution >= 4 is 11.8 Å². The average Bonchev–Trinajstić information content (AvgIpc) is 3.31. The van der Waals surface area contributed by atoms with Crippen molar-refractivity contribution in [3.05, 3.63) is 0 Å². The highest BCUT2D eigenvalue weighted by Crippen LogP contribution is 2.36. The van der Waals surface area contributed by atoms with Gasteiger partial charge in [-0.3, -0.25) is 15.0 Å². The highest BCUT2D eigenvalue weighted by atomic mass is 19.1. The molecule has 5 aliphatic rings. The average molecular weight is 394 g/mol. The fourth-order valence-electron chi connectivity index (χ4n) is 5.83. The molecule has 7 nitrogen and oxygen atoms in total. The third-order valence-electron chi connectivity index (χ3n) is 7.73. The van der Waals surface area contributed by atoms with Crippen molar-refractivity contribution in [3.8, 4) is 0 Å². The topological polar surface area (TPSA) is 76.7 Å². The number of piperidine rings is 1. The Bertz CT molecular complexity index is 644. The standard InChI is InChI=1S/C20H32FN5O2/c1-25(11-5-6-11)20(28)18-13-10-26(8-7-16(13)23-24-18)19(27)17-9-12-14(21)3-2-4-15(12)22-17/h11-18,22-24H,2-10H2,1H3. The van der Waals surface area contributed by atoms with Crippen molar-refractivity contribution < 1.29 is 14.0 Å². The number of nitrogens with one attached hydrogen (secondary N) is 3. The van der Waals surface area contributed by atoms with E-state index in [9.17, 15) is 14.0 Å². The van der Waals surface area contributed by atoms with Crippen LogP contribution in [-0.4, -0.2) is 78.1 Å². The first-order chi connectivity index (χ1) is 13.5. The van der Waals surface area contributed by atoms with E-state index in [1.807, 2.05) is 16.8 Å². The first-order valence-corrected chi connectivity index (χ1v) is 11.0. The van der Waals surface area contributed by atoms with Gasteiger partial charge in [0.1, 0.15) is 12.2 Å². The number of rotatable bonds is 3. The summed E-state index contributed by atoms with van der Waals surface area (Å²) in [5.74, 6) is 0.288. The van der Waals surface area contributed by atoms with Crippen LogP contribution in [0.25, 0.3) is 0 Å². The van der Waals surface area contributed by atoms with Crippen LogP contribution in [0.3, 0.4) is 0 Å². The SMILES string of the molecule is CN(C(=O)C1NNC2CCN(C(=O)C3CC4C(F)CCCC4N3)CC21)C1CC1. The summed E-state index contributed by atoms with van der Waals surface area (Å²) in [6.07, 6.45) is 5.35. The lowest BCUT2D eigenvalue weighted by Gasteiger charge is -2.37. The molecular formula is C20H32FN5O2. The van der Waals surface area contributed by atoms with Gasteiger partial charge < -0.3 is 15.1 Å². The molecule has 2 saturated carbocycles. The van der Waals surface area contributed by atoms with Crippen molar-refractivity contribution in [2.75, 3.05) is 20.1 Å². The third-order valence-corrected chi connectivity index (χ3v) is 7.73. The molecule has 0 aromatic rings. The van der Waals surface area contributed by atoms with E-state index in [4.69, 9.17) is 0 Å². The summed E-state index contributed by atoms with van der Waals surface area (Å²) in [7, 11) is 1.89. The number of hydrogen-bond donors (Lipinski definition) is 3. The van der Waals surface area contributed by atoms with Crippen LogP contribution in [-0.2, 0) is 9.59 Å². The number of nitrogens with zero attached hydrogens (tertiary/aromatic N) is 2. The van der Waals surface area contributed by atoms with Gasteiger partial charge in [-0.25, -0.2) is 9.82 Å². The molecule has 0 aromatic heterocycles. The van der Waals surface area contributed by atoms with Crippen LogP contribution in [0, 0.1) is 11.8 Å². The van der Waals surface area contributed by atoms with Gasteiger partial charge in [-0.1, -0.05) is 0 Å². The van der Waals surface area contributed by atoms with Crippen LogP contribution in [0.2, 0.25) is 0 Å². The minimum Gasteiger partial charge on any atom is -0.341 e. The van der Waals surface area contributed by atoms with Crippen molar-refractivity contribution in [2.45, 2.75) is 81.3 Å². The van der Waals surface area contributed by atoms with Gasteiger partial charge in [-0.05, 0) is 44.9 Å². The Morgan fingerprint density at radius 3 is 2.61 bits per heavy atom. The summed E-state index contributed by atoms with van der Waals surface area (Å²) in [4.78, 5) is 29.8. The first kappa shape index (κ1) is 18.8. The van der Waals surface area contributed by atoms with Crippen LogP contribution in [0.1, 0.15) is 44.9 Å². The molecule has 3 aliphatic heterocycles. The number of likely N-dealkylation sites (tertiary alicyclic amines) is 1. The van der Waals surface area contributed by atoms with Gasteiger partial charge in [0, 0.05) is 50.1 Å². The zero-order chi connectivity index (χ0) is 19.4. The van der Waals surface area contributed by atoms with Gasteiger partial charge in [0.2, 0.25) is 11.8 Å². The largest absolute Gasteiger partial charge is 0.341 e. The summed E-state index contributed by atoms with van der Waals surface area (Å²) in [5, 5.41) is 3.42. The van der Waals surface area contributed by atoms with E-state index < -0.39 is 6.17 Å². The monoisotopic (exact) mass is 393 g/mol. The molecule has 0 aromatic carbocycles. The lowest BCUT2D eigenvalue weighted by Crippen LogP contribution is -2.55. The van der Waals surface area contributed by atoms with Crippen molar-refractivity contribution in [3.63, 3.8) is 0 Å². The number of hydrogen-bond acceptors (Lipinski definition) is 5. The minimum atomic E-state index is -0.780. The van der Waals surface area contributed by atoms with Crippen molar-refractivity contribution in [2.24, 2.45) is 11.8 Å². The zero-order valence-electron chi connectivity index (χ0n) is 16.6. The molecule has 156 valence electrons. The molecule has 7 unspecified atom stereocenters. The molecule has 0 radical (unpaired) electrons. The molecule has 5 rings (SSSR count). The Balaban J connectivity index is 1.23. The van der Waals surface area contributed by atoms with Crippen LogP contribution in [0.15, 0.2) is 0 Å². The number of fused-ring (bicyclic) bond motifs is 2. The maximum atomic E-state index is 14.3. The zero-order valence-corrected chi connectivity index (χ0v) is 16.6. The molecule has 3 N–H and O–H groups in total. The highest BCUT2D eigenvalue weighted by molar-refractivity contribution is 5.84. The Kier molecular flexibility index (Phi) is 4.83. The quantitative estimate of drug-likeness (QED) is 0.637. The minimum absolute atomic E-state index is 0.0171. The van der Waals surface area contributed by atoms with E-state index >= 15 is 0 Å². The highest BCUT2D eigenvalue weighted by Gasteiger charge is 2.49. The Morgan fingerprint density at radius 2 is 1.86 bits per heavy atom. The van der Waals surface area contributed by atoms with Gasteiger partial charge in [0.15, 0.2) is 0 Å². The van der Waals surface area contributed by atoms with Crippen molar-refractivity contribution in [1.82, 2.24) is 26.0 Å². The van der Waals surface area contributed by atoms with Crippen LogP contribution in [0.4, 0.5) is 4.39 Å². The molecule has 0 spiro atoms. The molecule has 2 aliphatic carbocycles. The van der Waals surface area contributed by atoms with Gasteiger partial charge in [0.25, 0.3) is 0 Å². The smallest absolute Gasteiger partial charge is 0.241 e. The molecule has 3 saturated heterocycles. The maximum Gasteiger partial charge on any atom is 0.241 e. The van der Waals surface area contributed by atoms with E-state index in [0.717, 1.165) is 32.1 Å². The maximum absolute atomic E-state index is 14.3. The van der Waals surface area contributed by atoms with E-state index in [2.05, 4.69) is 16.2 Å². The number of amides is 2. The second kappa shape index (κ2) is 7.22. The van der Waals surface area contributed by atoms with Gasteiger partial charge >= 0.3 is 0 Å². The normalized spacial score (nSPS) is 42.8. The number of carbonyl (C=O) groups is 2. The lowest BCUT2D eigenvalue weighted by molar-refractivity contribution is -0.138. The second-order valence-corrected chi connectivity index (χ2v) is 9.46. The number of likely N-dealkylation sites (N-methyl/N-ethyl adjacent to an activating group) is 1. The summed E-state index contributed by atoms with van der Waals surface area (Å²) in [5.41, 5.74) is 6.47. The number of halogens is 1. The number of alkyl halides is 1. The summed E-state index contributed by atoms with van der Waals surface area (Å²) < 4.78 is 14.3. The summed E-state index contributed by atoms with van der Waals surface area (Å²) in [6.45, 7) is 1.28. The molecule has 2 amide bonds. The van der Waals surface area contributed by atoms with Crippen LogP contribution in [0.5, 0.6) is 0 Å². The van der Waals surface area contributed by atoms with E-state index in [1.54, 1.807) is 0 Å². The first-order valence-electron chi connectivity index (χ1n) is 11.0. The van der Waals surface area contributed by atoms with E-state index in [0.29, 0.717) is 32.0 Å². The van der Waals surface area contributed by atoms with Gasteiger partial charge in [0.05, 0.1) is 6.04 Å². The molecule has 28 heavy (non-hydrogen) atoms. The van der Waals surface area contributed by atoms with Crippen LogP contribution < -0.4 is 16.2 Å². The second-order valence-electron chi connectivity index (χ2n) is 9.46. The van der Waals surface area contributed by atoms with Gasteiger partial charge in [-0.2, -0.15) is 0 Å². The van der Waals surface area contributed by atoms with Crippen LogP contribution >= 0.6 is 0 Å². The van der Waals surface area contributed by atoms with Crippen molar-refractivity contribution in [1.29, 1.82) is 0 Å². The Labute approximate surface area is 165 Å². The molecule has 7 atom stereocenters. The number of hydrazine groups is 1. The van der Waals surface area contributed by atoms with Gasteiger partial charge in [-0.15, -0.1) is 0 Å². The number of carbonyl (C=O) groups excluding carboxylic acids is 2. The Hall–Kier alpha value is -1.25. The summed E-state index contributed by atoms with van der Waals surface area (Å²) >= 11 is 0. The third kappa shape index (κ3) is 3.23. The fraction of sp³-hybridized carbons (Fsp3) is 0.900. The predicted octanol–water partition coefficient (Wildman–Crippen LogP) is 0.169. The fourth-order valence-corrected chi connectivity index (χ4v) is 5.83. The molecule has 8 heteroatoms. The molecular weight excluding hydrogens is 361 g/mol. The van der Waals surface area contributed by atoms with E-state index in [1.165, 1.54) is 0 Å². The van der Waals surface area contributed by atoms with E-state index in [-0.39, 0.29) is 47.8 Å². The lowest BCUT2D eigenvalue weighted by atomic mass is 9.83. The molecule has 3 heterocycles. The molecule has 5 fully saturated rings.